The summed E-state index contributed by atoms with van der Waals surface area (Å²) in [6, 6.07) is 9.40. The quantitative estimate of drug-likeness (QED) is 0.288. The topological polar surface area (TPSA) is 84.7 Å². The average molecular weight is 484 g/mol. The van der Waals surface area contributed by atoms with Gasteiger partial charge in [-0.15, -0.1) is 0 Å². The number of aromatic nitrogens is 2. The third-order valence-electron chi connectivity index (χ3n) is 5.62. The first kappa shape index (κ1) is 23.5. The normalized spacial score (nSPS) is 17.4. The minimum atomic E-state index is -1.07. The molecule has 2 heterocycles. The molecule has 0 saturated carbocycles. The lowest BCUT2D eigenvalue weighted by Crippen LogP contribution is -2.31. The molecule has 0 spiro atoms. The van der Waals surface area contributed by atoms with Crippen LogP contribution >= 0.6 is 11.6 Å². The van der Waals surface area contributed by atoms with Crippen molar-refractivity contribution in [3.63, 3.8) is 0 Å². The second-order valence-corrected chi connectivity index (χ2v) is 8.15. The van der Waals surface area contributed by atoms with E-state index in [1.165, 1.54) is 35.2 Å². The van der Waals surface area contributed by atoms with Gasteiger partial charge in [0.15, 0.2) is 0 Å². The molecule has 0 bridgehead atoms. The van der Waals surface area contributed by atoms with Gasteiger partial charge < -0.3 is 19.3 Å². The average Bonchev–Trinajstić information content (AvgIpc) is 3.43. The number of ketones is 1. The number of carbonyl (C=O) groups is 2. The van der Waals surface area contributed by atoms with Gasteiger partial charge in [0, 0.05) is 36.6 Å². The van der Waals surface area contributed by atoms with Crippen LogP contribution in [0.3, 0.4) is 0 Å². The van der Waals surface area contributed by atoms with Crippen molar-refractivity contribution in [1.29, 1.82) is 0 Å². The minimum absolute atomic E-state index is 0.128. The van der Waals surface area contributed by atoms with Crippen LogP contribution in [0.1, 0.15) is 30.5 Å². The molecule has 176 valence electrons. The zero-order valence-electron chi connectivity index (χ0n) is 18.4. The third kappa shape index (κ3) is 4.54. The fourth-order valence-electron chi connectivity index (χ4n) is 4.05. The Morgan fingerprint density at radius 3 is 2.68 bits per heavy atom. The number of aryl methyl sites for hydroxylation is 1. The molecule has 7 nitrogen and oxygen atoms in total. The molecule has 2 aromatic carbocycles. The van der Waals surface area contributed by atoms with E-state index in [0.29, 0.717) is 25.3 Å². The predicted molar refractivity (Wildman–Crippen MR) is 125 cm³/mol. The number of hydrogen-bond donors (Lipinski definition) is 1. The fraction of sp³-hybridized carbons (Fsp3) is 0.240. The lowest BCUT2D eigenvalue weighted by molar-refractivity contribution is -0.140. The van der Waals surface area contributed by atoms with E-state index in [9.17, 15) is 19.1 Å². The van der Waals surface area contributed by atoms with Crippen molar-refractivity contribution in [2.24, 2.45) is 0 Å². The highest BCUT2D eigenvalue weighted by molar-refractivity contribution is 6.46. The van der Waals surface area contributed by atoms with Gasteiger partial charge in [-0.3, -0.25) is 9.59 Å². The van der Waals surface area contributed by atoms with Crippen LogP contribution in [0.25, 0.3) is 5.76 Å². The zero-order chi connectivity index (χ0) is 24.2. The molecular weight excluding hydrogens is 461 g/mol. The Labute approximate surface area is 201 Å². The number of benzene rings is 2. The Kier molecular flexibility index (Phi) is 6.98. The second-order valence-electron chi connectivity index (χ2n) is 7.75. The number of likely N-dealkylation sites (tertiary alicyclic amines) is 1. The van der Waals surface area contributed by atoms with Gasteiger partial charge in [-0.2, -0.15) is 0 Å². The Morgan fingerprint density at radius 2 is 2.00 bits per heavy atom. The predicted octanol–water partition coefficient (Wildman–Crippen LogP) is 4.59. The van der Waals surface area contributed by atoms with Crippen molar-refractivity contribution < 1.29 is 23.8 Å². The number of imidazole rings is 1. The fourth-order valence-corrected chi connectivity index (χ4v) is 4.28. The first-order chi connectivity index (χ1) is 16.4. The number of amides is 1. The van der Waals surface area contributed by atoms with E-state index >= 15 is 0 Å². The standard InChI is InChI=1S/C25H23ClFN3O4/c1-2-34-20-9-8-16(14-18(20)26)23(31)21-22(17-6-3-4-7-19(17)27)30(25(33)24(21)32)12-5-11-29-13-10-28-15-29/h3-4,6-10,13-15,22,31H,2,5,11-12H2,1H3/b23-21+. The van der Waals surface area contributed by atoms with Gasteiger partial charge in [0.25, 0.3) is 11.7 Å². The number of nitrogens with zero attached hydrogens (tertiary/aromatic N) is 3. The Hall–Kier alpha value is -3.65. The highest BCUT2D eigenvalue weighted by Crippen LogP contribution is 2.41. The number of ether oxygens (including phenoxy) is 1. The Balaban J connectivity index is 1.75. The molecule has 9 heteroatoms. The van der Waals surface area contributed by atoms with Crippen LogP contribution in [0, 0.1) is 5.82 Å². The number of Topliss-reactive ketones (excluding diaryl/α,β-unsaturated/α-hetero) is 1. The maximum atomic E-state index is 14.9. The number of aliphatic hydroxyl groups excluding tert-OH is 1. The summed E-state index contributed by atoms with van der Waals surface area (Å²) in [7, 11) is 0. The van der Waals surface area contributed by atoms with Crippen molar-refractivity contribution in [3.8, 4) is 5.75 Å². The minimum Gasteiger partial charge on any atom is -0.507 e. The molecule has 1 atom stereocenters. The summed E-state index contributed by atoms with van der Waals surface area (Å²) in [6.45, 7) is 2.96. The van der Waals surface area contributed by atoms with Gasteiger partial charge in [-0.1, -0.05) is 29.8 Å². The molecule has 1 saturated heterocycles. The molecule has 1 fully saturated rings. The van der Waals surface area contributed by atoms with Crippen molar-refractivity contribution in [2.45, 2.75) is 25.9 Å². The number of rotatable bonds is 8. The van der Waals surface area contributed by atoms with Gasteiger partial charge >= 0.3 is 0 Å². The summed E-state index contributed by atoms with van der Waals surface area (Å²) >= 11 is 6.26. The van der Waals surface area contributed by atoms with Crippen LogP contribution in [0.2, 0.25) is 5.02 Å². The first-order valence-corrected chi connectivity index (χ1v) is 11.2. The third-order valence-corrected chi connectivity index (χ3v) is 5.91. The first-order valence-electron chi connectivity index (χ1n) is 10.8. The molecule has 1 aromatic heterocycles. The van der Waals surface area contributed by atoms with Crippen LogP contribution in [0.5, 0.6) is 5.75 Å². The number of carbonyl (C=O) groups excluding carboxylic acids is 2. The molecule has 1 unspecified atom stereocenters. The Morgan fingerprint density at radius 1 is 1.21 bits per heavy atom. The van der Waals surface area contributed by atoms with Crippen LogP contribution in [-0.2, 0) is 16.1 Å². The molecule has 0 radical (unpaired) electrons. The van der Waals surface area contributed by atoms with E-state index in [1.807, 2.05) is 11.5 Å². The summed E-state index contributed by atoms with van der Waals surface area (Å²) in [6.07, 6.45) is 5.59. The largest absolute Gasteiger partial charge is 0.507 e. The van der Waals surface area contributed by atoms with Crippen molar-refractivity contribution >= 4 is 29.1 Å². The molecule has 4 rings (SSSR count). The number of aliphatic hydroxyl groups is 1. The summed E-state index contributed by atoms with van der Waals surface area (Å²) < 4.78 is 22.1. The van der Waals surface area contributed by atoms with Crippen LogP contribution in [0.4, 0.5) is 4.39 Å². The van der Waals surface area contributed by atoms with E-state index in [4.69, 9.17) is 16.3 Å². The van der Waals surface area contributed by atoms with Gasteiger partial charge in [0.2, 0.25) is 0 Å². The summed E-state index contributed by atoms with van der Waals surface area (Å²) in [4.78, 5) is 31.3. The molecule has 0 aliphatic carbocycles. The maximum Gasteiger partial charge on any atom is 0.295 e. The van der Waals surface area contributed by atoms with E-state index in [2.05, 4.69) is 4.98 Å². The molecule has 3 aromatic rings. The molecule has 34 heavy (non-hydrogen) atoms. The van der Waals surface area contributed by atoms with Crippen molar-refractivity contribution in [2.75, 3.05) is 13.2 Å². The van der Waals surface area contributed by atoms with Crippen LogP contribution < -0.4 is 4.74 Å². The lowest BCUT2D eigenvalue weighted by Gasteiger charge is -2.25. The van der Waals surface area contributed by atoms with E-state index in [0.717, 1.165) is 0 Å². The van der Waals surface area contributed by atoms with E-state index in [1.54, 1.807) is 30.9 Å². The zero-order valence-corrected chi connectivity index (χ0v) is 19.2. The van der Waals surface area contributed by atoms with Crippen LogP contribution in [-0.4, -0.2) is 44.4 Å². The number of halogens is 2. The van der Waals surface area contributed by atoms with E-state index in [-0.39, 0.29) is 28.3 Å². The van der Waals surface area contributed by atoms with Crippen molar-refractivity contribution in [3.05, 3.63) is 88.7 Å². The molecule has 1 N–H and O–H groups in total. The lowest BCUT2D eigenvalue weighted by atomic mass is 9.95. The smallest absolute Gasteiger partial charge is 0.295 e. The maximum absolute atomic E-state index is 14.9. The van der Waals surface area contributed by atoms with E-state index < -0.39 is 29.3 Å². The monoisotopic (exact) mass is 483 g/mol. The molecule has 1 aliphatic heterocycles. The molecular formula is C25H23ClFN3O4. The van der Waals surface area contributed by atoms with Crippen molar-refractivity contribution in [1.82, 2.24) is 14.5 Å². The highest BCUT2D eigenvalue weighted by Gasteiger charge is 2.46. The second kappa shape index (κ2) is 10.1. The highest BCUT2D eigenvalue weighted by atomic mass is 35.5. The van der Waals surface area contributed by atoms with Gasteiger partial charge in [0.1, 0.15) is 17.3 Å². The Bertz CT molecular complexity index is 1240. The SMILES string of the molecule is CCOc1ccc(/C(O)=C2\C(=O)C(=O)N(CCCn3ccnc3)C2c2ccccc2F)cc1Cl. The summed E-state index contributed by atoms with van der Waals surface area (Å²) in [5, 5.41) is 11.4. The molecule has 1 aliphatic rings. The van der Waals surface area contributed by atoms with Crippen LogP contribution in [0.15, 0.2) is 66.8 Å². The summed E-state index contributed by atoms with van der Waals surface area (Å²) in [5.74, 6) is -2.25. The van der Waals surface area contributed by atoms with Gasteiger partial charge in [-0.25, -0.2) is 9.37 Å². The van der Waals surface area contributed by atoms with Gasteiger partial charge in [-0.05, 0) is 37.6 Å². The number of hydrogen-bond acceptors (Lipinski definition) is 5. The van der Waals surface area contributed by atoms with Gasteiger partial charge in [0.05, 0.1) is 29.6 Å². The summed E-state index contributed by atoms with van der Waals surface area (Å²) in [5.41, 5.74) is 0.173. The molecule has 1 amide bonds.